The predicted molar refractivity (Wildman–Crippen MR) is 159 cm³/mol. The summed E-state index contributed by atoms with van der Waals surface area (Å²) in [6.07, 6.45) is 3.67. The first-order valence-electron chi connectivity index (χ1n) is 14.0. The van der Waals surface area contributed by atoms with Gasteiger partial charge in [-0.2, -0.15) is 4.98 Å². The van der Waals surface area contributed by atoms with E-state index in [1.54, 1.807) is 17.9 Å². The van der Waals surface area contributed by atoms with Crippen molar-refractivity contribution in [2.24, 2.45) is 0 Å². The average molecular weight is 541 g/mol. The summed E-state index contributed by atoms with van der Waals surface area (Å²) in [4.78, 5) is 28.2. The Kier molecular flexibility index (Phi) is 7.40. The van der Waals surface area contributed by atoms with Crippen molar-refractivity contribution in [2.75, 3.05) is 57.2 Å². The minimum Gasteiger partial charge on any atom is -0.496 e. The summed E-state index contributed by atoms with van der Waals surface area (Å²) in [6, 6.07) is 15.8. The second-order valence-corrected chi connectivity index (χ2v) is 10.7. The van der Waals surface area contributed by atoms with Crippen LogP contribution in [-0.2, 0) is 11.3 Å². The molecule has 208 valence electrons. The van der Waals surface area contributed by atoms with Crippen LogP contribution in [0.5, 0.6) is 5.75 Å². The maximum atomic E-state index is 13.9. The largest absolute Gasteiger partial charge is 0.496 e. The molecule has 1 N–H and O–H groups in total. The zero-order chi connectivity index (χ0) is 27.6. The number of likely N-dealkylation sites (N-methyl/N-ethyl adjacent to an activating group) is 1. The molecule has 9 heteroatoms. The maximum absolute atomic E-state index is 13.9. The number of aryl methyl sites for hydroxylation is 1. The number of rotatable bonds is 7. The quantitative estimate of drug-likeness (QED) is 0.368. The van der Waals surface area contributed by atoms with Gasteiger partial charge in [0, 0.05) is 61.3 Å². The van der Waals surface area contributed by atoms with Crippen LogP contribution in [-0.4, -0.2) is 72.5 Å². The van der Waals surface area contributed by atoms with Crippen molar-refractivity contribution in [3.63, 3.8) is 0 Å². The van der Waals surface area contributed by atoms with Gasteiger partial charge in [0.2, 0.25) is 5.95 Å². The first-order chi connectivity index (χ1) is 19.5. The van der Waals surface area contributed by atoms with Crippen molar-refractivity contribution in [1.29, 1.82) is 0 Å². The van der Waals surface area contributed by atoms with E-state index >= 15 is 0 Å². The summed E-state index contributed by atoms with van der Waals surface area (Å²) < 4.78 is 13.2. The molecule has 2 aliphatic rings. The molecule has 40 heavy (non-hydrogen) atoms. The fourth-order valence-electron chi connectivity index (χ4n) is 5.71. The minimum atomic E-state index is -0.121. The third-order valence-electron chi connectivity index (χ3n) is 7.93. The number of piperazine rings is 1. The Morgan fingerprint density at radius 3 is 2.65 bits per heavy atom. The van der Waals surface area contributed by atoms with Crippen LogP contribution in [0.2, 0.25) is 0 Å². The van der Waals surface area contributed by atoms with Crippen molar-refractivity contribution in [3.8, 4) is 16.9 Å². The molecule has 4 heterocycles. The SMILES string of the molecule is COc1ccccc1-c1cc2cnc(Nc3ccc(N4CCN(C)CC4)c(C)c3)nc2n(C[C@H]2CCCO2)c1=O. The summed E-state index contributed by atoms with van der Waals surface area (Å²) in [7, 11) is 3.78. The zero-order valence-corrected chi connectivity index (χ0v) is 23.4. The highest BCUT2D eigenvalue weighted by Crippen LogP contribution is 2.30. The zero-order valence-electron chi connectivity index (χ0n) is 23.4. The molecule has 0 unspecified atom stereocenters. The van der Waals surface area contributed by atoms with Crippen LogP contribution in [0.4, 0.5) is 17.3 Å². The number of anilines is 3. The first-order valence-corrected chi connectivity index (χ1v) is 14.0. The molecule has 2 aromatic heterocycles. The van der Waals surface area contributed by atoms with Crippen LogP contribution in [0.25, 0.3) is 22.2 Å². The van der Waals surface area contributed by atoms with Gasteiger partial charge in [-0.25, -0.2) is 4.98 Å². The van der Waals surface area contributed by atoms with Gasteiger partial charge in [0.25, 0.3) is 5.56 Å². The highest BCUT2D eigenvalue weighted by Gasteiger charge is 2.22. The molecule has 9 nitrogen and oxygen atoms in total. The van der Waals surface area contributed by atoms with E-state index in [0.29, 0.717) is 29.5 Å². The van der Waals surface area contributed by atoms with Gasteiger partial charge in [-0.15, -0.1) is 0 Å². The maximum Gasteiger partial charge on any atom is 0.260 e. The summed E-state index contributed by atoms with van der Waals surface area (Å²) in [5, 5.41) is 4.15. The molecule has 2 saturated heterocycles. The number of methoxy groups -OCH3 is 1. The Morgan fingerprint density at radius 2 is 1.90 bits per heavy atom. The summed E-state index contributed by atoms with van der Waals surface area (Å²) in [6.45, 7) is 7.47. The molecule has 0 bridgehead atoms. The fourth-order valence-corrected chi connectivity index (χ4v) is 5.71. The average Bonchev–Trinajstić information content (AvgIpc) is 3.49. The molecule has 0 spiro atoms. The molecule has 1 atom stereocenters. The number of nitrogens with zero attached hydrogens (tertiary/aromatic N) is 5. The number of ether oxygens (including phenoxy) is 2. The van der Waals surface area contributed by atoms with Gasteiger partial charge >= 0.3 is 0 Å². The number of pyridine rings is 1. The smallest absolute Gasteiger partial charge is 0.260 e. The number of aromatic nitrogens is 3. The Hall–Kier alpha value is -3.95. The molecular formula is C31H36N6O3. The summed E-state index contributed by atoms with van der Waals surface area (Å²) in [5.41, 5.74) is 5.14. The molecule has 0 radical (unpaired) electrons. The highest BCUT2D eigenvalue weighted by atomic mass is 16.5. The van der Waals surface area contributed by atoms with E-state index in [-0.39, 0.29) is 11.7 Å². The van der Waals surface area contributed by atoms with E-state index < -0.39 is 0 Å². The van der Waals surface area contributed by atoms with Crippen LogP contribution in [0.1, 0.15) is 18.4 Å². The topological polar surface area (TPSA) is 84.8 Å². The Labute approximate surface area is 234 Å². The normalized spacial score (nSPS) is 17.9. The van der Waals surface area contributed by atoms with Crippen molar-refractivity contribution < 1.29 is 9.47 Å². The Balaban J connectivity index is 1.35. The number of benzene rings is 2. The van der Waals surface area contributed by atoms with E-state index in [9.17, 15) is 4.79 Å². The number of nitrogens with one attached hydrogen (secondary N) is 1. The molecule has 0 aliphatic carbocycles. The van der Waals surface area contributed by atoms with Crippen molar-refractivity contribution in [1.82, 2.24) is 19.4 Å². The molecule has 0 saturated carbocycles. The first kappa shape index (κ1) is 26.3. The lowest BCUT2D eigenvalue weighted by Gasteiger charge is -2.35. The van der Waals surface area contributed by atoms with Crippen LogP contribution in [0, 0.1) is 6.92 Å². The van der Waals surface area contributed by atoms with Gasteiger partial charge in [-0.3, -0.25) is 9.36 Å². The van der Waals surface area contributed by atoms with Gasteiger partial charge in [0.15, 0.2) is 0 Å². The highest BCUT2D eigenvalue weighted by molar-refractivity contribution is 5.83. The van der Waals surface area contributed by atoms with E-state index in [2.05, 4.69) is 52.3 Å². The number of hydrogen-bond donors (Lipinski definition) is 1. The monoisotopic (exact) mass is 540 g/mol. The summed E-state index contributed by atoms with van der Waals surface area (Å²) >= 11 is 0. The summed E-state index contributed by atoms with van der Waals surface area (Å²) in [5.74, 6) is 1.10. The second-order valence-electron chi connectivity index (χ2n) is 10.7. The van der Waals surface area contributed by atoms with Gasteiger partial charge < -0.3 is 24.6 Å². The molecule has 2 aliphatic heterocycles. The molecule has 0 amide bonds. The standard InChI is InChI=1S/C31H36N6O3/c1-21-17-23(10-11-27(21)36-14-12-35(2)13-15-36)33-31-32-19-22-18-26(25-8-4-5-9-28(25)39-3)30(38)37(29(22)34-31)20-24-7-6-16-40-24/h4-5,8-11,17-19,24H,6-7,12-16,20H2,1-3H3,(H,32,33,34)/t24-/m1/s1. The second kappa shape index (κ2) is 11.3. The lowest BCUT2D eigenvalue weighted by atomic mass is 10.0. The molecule has 4 aromatic rings. The van der Waals surface area contributed by atoms with Gasteiger partial charge in [0.05, 0.1) is 25.3 Å². The number of fused-ring (bicyclic) bond motifs is 1. The lowest BCUT2D eigenvalue weighted by Crippen LogP contribution is -2.44. The molecule has 2 fully saturated rings. The molecule has 2 aromatic carbocycles. The molecular weight excluding hydrogens is 504 g/mol. The van der Waals surface area contributed by atoms with Crippen molar-refractivity contribution in [3.05, 3.63) is 70.6 Å². The van der Waals surface area contributed by atoms with E-state index in [1.807, 2.05) is 30.3 Å². The number of hydrogen-bond acceptors (Lipinski definition) is 8. The van der Waals surface area contributed by atoms with Crippen LogP contribution in [0.3, 0.4) is 0 Å². The van der Waals surface area contributed by atoms with Crippen LogP contribution >= 0.6 is 0 Å². The lowest BCUT2D eigenvalue weighted by molar-refractivity contribution is 0.0971. The van der Waals surface area contributed by atoms with E-state index in [1.165, 1.54) is 11.3 Å². The fraction of sp³-hybridized carbons (Fsp3) is 0.387. The Bertz CT molecular complexity index is 1570. The van der Waals surface area contributed by atoms with Crippen LogP contribution in [0.15, 0.2) is 59.5 Å². The van der Waals surface area contributed by atoms with Crippen LogP contribution < -0.4 is 20.5 Å². The minimum absolute atomic E-state index is 0.0232. The van der Waals surface area contributed by atoms with Crippen molar-refractivity contribution in [2.45, 2.75) is 32.4 Å². The third kappa shape index (κ3) is 5.26. The van der Waals surface area contributed by atoms with E-state index in [0.717, 1.165) is 62.3 Å². The Morgan fingerprint density at radius 1 is 1.07 bits per heavy atom. The van der Waals surface area contributed by atoms with Gasteiger partial charge in [0.1, 0.15) is 11.4 Å². The van der Waals surface area contributed by atoms with Gasteiger partial charge in [-0.1, -0.05) is 18.2 Å². The number of para-hydroxylation sites is 1. The van der Waals surface area contributed by atoms with E-state index in [4.69, 9.17) is 14.5 Å². The predicted octanol–water partition coefficient (Wildman–Crippen LogP) is 4.45. The molecule has 6 rings (SSSR count). The van der Waals surface area contributed by atoms with Gasteiger partial charge in [-0.05, 0) is 62.7 Å². The van der Waals surface area contributed by atoms with Crippen molar-refractivity contribution >= 4 is 28.4 Å². The third-order valence-corrected chi connectivity index (χ3v) is 7.93.